The molecule has 16 heavy (non-hydrogen) atoms. The topological polar surface area (TPSA) is 39.2 Å². The Morgan fingerprint density at radius 3 is 2.56 bits per heavy atom. The number of carbonyl (C=O) groups excluding carboxylic acids is 1. The monoisotopic (exact) mass is 221 g/mol. The van der Waals surface area contributed by atoms with E-state index in [1.165, 1.54) is 11.1 Å². The average Bonchev–Trinajstić information content (AvgIpc) is 2.18. The lowest BCUT2D eigenvalue weighted by Gasteiger charge is -1.94. The summed E-state index contributed by atoms with van der Waals surface area (Å²) in [6, 6.07) is 4.08. The molecule has 0 aliphatic heterocycles. The van der Waals surface area contributed by atoms with E-state index in [1.54, 1.807) is 6.92 Å². The maximum absolute atomic E-state index is 9.18. The number of rotatable bonds is 3. The Kier molecular flexibility index (Phi) is 7.76. The van der Waals surface area contributed by atoms with Crippen molar-refractivity contribution in [2.24, 2.45) is 0 Å². The molecule has 0 aromatic carbocycles. The van der Waals surface area contributed by atoms with Gasteiger partial charge < -0.3 is 4.74 Å². The summed E-state index contributed by atoms with van der Waals surface area (Å²) in [6.45, 7) is 8.88. The molecule has 0 unspecified atom stereocenters. The van der Waals surface area contributed by atoms with Gasteiger partial charge in [0.05, 0.1) is 12.3 Å². The van der Waals surface area contributed by atoms with E-state index >= 15 is 0 Å². The van der Waals surface area contributed by atoms with Crippen molar-refractivity contribution in [2.75, 3.05) is 6.61 Å². The number of pyridine rings is 1. The molecular formula is C13H19NO2. The number of nitrogens with zero attached hydrogens (tertiary/aromatic N) is 1. The van der Waals surface area contributed by atoms with E-state index in [1.807, 2.05) is 12.3 Å². The standard InChI is InChI=1S/C10H13N.C3H6O2/c1-8(2)6-10-7-9(3)4-5-11-10;1-2-5-3-4/h4-7H,1-3H3;3H,2H2,1H3. The molecule has 1 heterocycles. The molecule has 0 N–H and O–H groups in total. The van der Waals surface area contributed by atoms with Gasteiger partial charge in [-0.15, -0.1) is 0 Å². The number of carbonyl (C=O) groups is 1. The minimum atomic E-state index is 0.431. The van der Waals surface area contributed by atoms with Crippen molar-refractivity contribution in [3.8, 4) is 0 Å². The van der Waals surface area contributed by atoms with Gasteiger partial charge in [0.2, 0.25) is 0 Å². The van der Waals surface area contributed by atoms with Crippen LogP contribution in [0.3, 0.4) is 0 Å². The van der Waals surface area contributed by atoms with Crippen LogP contribution in [0, 0.1) is 6.92 Å². The molecule has 3 nitrogen and oxygen atoms in total. The van der Waals surface area contributed by atoms with Gasteiger partial charge in [0.15, 0.2) is 0 Å². The minimum absolute atomic E-state index is 0.431. The molecule has 0 aliphatic carbocycles. The Hall–Kier alpha value is -1.64. The Morgan fingerprint density at radius 1 is 1.50 bits per heavy atom. The van der Waals surface area contributed by atoms with E-state index in [9.17, 15) is 4.79 Å². The zero-order chi connectivity index (χ0) is 12.4. The Balaban J connectivity index is 0.000000385. The number of aromatic nitrogens is 1. The fraction of sp³-hybridized carbons (Fsp3) is 0.385. The molecule has 0 atom stereocenters. The number of allylic oxidation sites excluding steroid dienone is 1. The van der Waals surface area contributed by atoms with Crippen LogP contribution < -0.4 is 0 Å². The summed E-state index contributed by atoms with van der Waals surface area (Å²) in [4.78, 5) is 13.4. The van der Waals surface area contributed by atoms with E-state index in [0.717, 1.165) is 5.69 Å². The number of hydrogen-bond donors (Lipinski definition) is 0. The Bertz CT molecular complexity index is 342. The van der Waals surface area contributed by atoms with Crippen LogP contribution >= 0.6 is 0 Å². The van der Waals surface area contributed by atoms with Crippen molar-refractivity contribution in [3.05, 3.63) is 35.2 Å². The summed E-state index contributed by atoms with van der Waals surface area (Å²) in [5, 5.41) is 0. The summed E-state index contributed by atoms with van der Waals surface area (Å²) in [5.74, 6) is 0. The van der Waals surface area contributed by atoms with Crippen LogP contribution in [0.15, 0.2) is 23.9 Å². The molecule has 0 saturated carbocycles. The first-order chi connectivity index (χ1) is 7.60. The molecule has 1 aromatic heterocycles. The third-order valence-electron chi connectivity index (χ3n) is 1.61. The van der Waals surface area contributed by atoms with Crippen LogP contribution in [-0.2, 0) is 9.53 Å². The number of aryl methyl sites for hydroxylation is 1. The molecule has 1 aromatic rings. The molecule has 88 valence electrons. The van der Waals surface area contributed by atoms with Crippen molar-refractivity contribution in [1.82, 2.24) is 4.98 Å². The van der Waals surface area contributed by atoms with Crippen molar-refractivity contribution < 1.29 is 9.53 Å². The summed E-state index contributed by atoms with van der Waals surface area (Å²) in [6.07, 6.45) is 3.91. The van der Waals surface area contributed by atoms with Crippen molar-refractivity contribution in [1.29, 1.82) is 0 Å². The van der Waals surface area contributed by atoms with Gasteiger partial charge in [-0.1, -0.05) is 5.57 Å². The number of ether oxygens (including phenoxy) is 1. The lowest BCUT2D eigenvalue weighted by atomic mass is 10.2. The second-order valence-corrected chi connectivity index (χ2v) is 3.53. The van der Waals surface area contributed by atoms with Gasteiger partial charge >= 0.3 is 0 Å². The summed E-state index contributed by atoms with van der Waals surface area (Å²) >= 11 is 0. The molecule has 0 aliphatic rings. The molecule has 0 fully saturated rings. The largest absolute Gasteiger partial charge is 0.468 e. The Labute approximate surface area is 97.2 Å². The molecule has 0 saturated heterocycles. The SMILES string of the molecule is CC(C)=Cc1cc(C)ccn1.CCOC=O. The summed E-state index contributed by atoms with van der Waals surface area (Å²) in [7, 11) is 0. The van der Waals surface area contributed by atoms with Crippen LogP contribution in [-0.4, -0.2) is 18.1 Å². The minimum Gasteiger partial charge on any atom is -0.468 e. The highest BCUT2D eigenvalue weighted by molar-refractivity contribution is 5.48. The first kappa shape index (κ1) is 14.4. The lowest BCUT2D eigenvalue weighted by Crippen LogP contribution is -1.81. The highest BCUT2D eigenvalue weighted by Gasteiger charge is 1.88. The van der Waals surface area contributed by atoms with E-state index < -0.39 is 0 Å². The van der Waals surface area contributed by atoms with Crippen molar-refractivity contribution in [2.45, 2.75) is 27.7 Å². The van der Waals surface area contributed by atoms with Crippen LogP contribution in [0.5, 0.6) is 0 Å². The third kappa shape index (κ3) is 7.74. The fourth-order valence-electron chi connectivity index (χ4n) is 1.00. The quantitative estimate of drug-likeness (QED) is 0.736. The second kappa shape index (κ2) is 8.65. The highest BCUT2D eigenvalue weighted by atomic mass is 16.5. The van der Waals surface area contributed by atoms with E-state index in [2.05, 4.69) is 42.6 Å². The van der Waals surface area contributed by atoms with E-state index in [0.29, 0.717) is 13.1 Å². The van der Waals surface area contributed by atoms with Crippen molar-refractivity contribution in [3.63, 3.8) is 0 Å². The lowest BCUT2D eigenvalue weighted by molar-refractivity contribution is -0.128. The Morgan fingerprint density at radius 2 is 2.19 bits per heavy atom. The third-order valence-corrected chi connectivity index (χ3v) is 1.61. The molecule has 0 radical (unpaired) electrons. The van der Waals surface area contributed by atoms with Gasteiger partial charge in [0, 0.05) is 6.20 Å². The second-order valence-electron chi connectivity index (χ2n) is 3.53. The van der Waals surface area contributed by atoms with Gasteiger partial charge in [0.25, 0.3) is 6.47 Å². The van der Waals surface area contributed by atoms with Crippen LogP contribution in [0.4, 0.5) is 0 Å². The highest BCUT2D eigenvalue weighted by Crippen LogP contribution is 2.04. The molecular weight excluding hydrogens is 202 g/mol. The van der Waals surface area contributed by atoms with Crippen LogP contribution in [0.1, 0.15) is 32.0 Å². The zero-order valence-corrected chi connectivity index (χ0v) is 10.4. The van der Waals surface area contributed by atoms with Gasteiger partial charge in [-0.2, -0.15) is 0 Å². The molecule has 3 heteroatoms. The first-order valence-electron chi connectivity index (χ1n) is 5.23. The van der Waals surface area contributed by atoms with E-state index in [4.69, 9.17) is 0 Å². The predicted octanol–water partition coefficient (Wildman–Crippen LogP) is 2.99. The maximum Gasteiger partial charge on any atom is 0.293 e. The van der Waals surface area contributed by atoms with E-state index in [-0.39, 0.29) is 0 Å². The smallest absolute Gasteiger partial charge is 0.293 e. The summed E-state index contributed by atoms with van der Waals surface area (Å²) < 4.78 is 4.15. The van der Waals surface area contributed by atoms with Crippen LogP contribution in [0.25, 0.3) is 6.08 Å². The number of hydrogen-bond acceptors (Lipinski definition) is 3. The van der Waals surface area contributed by atoms with Crippen LogP contribution in [0.2, 0.25) is 0 Å². The first-order valence-corrected chi connectivity index (χ1v) is 5.23. The molecule has 0 spiro atoms. The normalized spacial score (nSPS) is 8.50. The van der Waals surface area contributed by atoms with Gasteiger partial charge in [0.1, 0.15) is 0 Å². The van der Waals surface area contributed by atoms with Gasteiger partial charge in [-0.25, -0.2) is 0 Å². The summed E-state index contributed by atoms with van der Waals surface area (Å²) in [5.41, 5.74) is 3.58. The fourth-order valence-corrected chi connectivity index (χ4v) is 1.00. The molecule has 0 amide bonds. The van der Waals surface area contributed by atoms with Crippen molar-refractivity contribution >= 4 is 12.5 Å². The van der Waals surface area contributed by atoms with Gasteiger partial charge in [-0.3, -0.25) is 9.78 Å². The average molecular weight is 221 g/mol. The molecule has 0 bridgehead atoms. The maximum atomic E-state index is 9.18. The zero-order valence-electron chi connectivity index (χ0n) is 10.4. The predicted molar refractivity (Wildman–Crippen MR) is 66.0 cm³/mol. The molecule has 1 rings (SSSR count). The van der Waals surface area contributed by atoms with Gasteiger partial charge in [-0.05, 0) is 51.5 Å².